The number of H-pyrrole nitrogens is 1. The monoisotopic (exact) mass is 192 g/mol. The summed E-state index contributed by atoms with van der Waals surface area (Å²) in [5.74, 6) is -0.135. The fourth-order valence-corrected chi connectivity index (χ4v) is 1.88. The third kappa shape index (κ3) is 1.55. The molecule has 0 aromatic carbocycles. The van der Waals surface area contributed by atoms with E-state index in [2.05, 4.69) is 10.3 Å². The highest BCUT2D eigenvalue weighted by atomic mass is 16.1. The fraction of sp³-hybridized carbons (Fsp3) is 0.400. The van der Waals surface area contributed by atoms with Gasteiger partial charge in [-0.2, -0.15) is 0 Å². The normalized spacial score (nSPS) is 13.8. The number of rotatable bonds is 1. The van der Waals surface area contributed by atoms with Gasteiger partial charge >= 0.3 is 0 Å². The summed E-state index contributed by atoms with van der Waals surface area (Å²) in [4.78, 5) is 24.9. The maximum atomic E-state index is 11.2. The van der Waals surface area contributed by atoms with Gasteiger partial charge < -0.3 is 10.3 Å². The summed E-state index contributed by atoms with van der Waals surface area (Å²) in [5.41, 5.74) is 2.59. The zero-order chi connectivity index (χ0) is 10.1. The van der Waals surface area contributed by atoms with Crippen molar-refractivity contribution in [2.24, 2.45) is 0 Å². The first-order valence-corrected chi connectivity index (χ1v) is 4.69. The van der Waals surface area contributed by atoms with Gasteiger partial charge in [0.15, 0.2) is 0 Å². The first kappa shape index (κ1) is 8.99. The largest absolute Gasteiger partial charge is 0.326 e. The molecule has 14 heavy (non-hydrogen) atoms. The number of pyridine rings is 1. The topological polar surface area (TPSA) is 62.0 Å². The Hall–Kier alpha value is -1.58. The van der Waals surface area contributed by atoms with Crippen LogP contribution in [0.4, 0.5) is 5.69 Å². The second-order valence-electron chi connectivity index (χ2n) is 3.54. The number of fused-ring (bicyclic) bond motifs is 1. The van der Waals surface area contributed by atoms with E-state index in [1.807, 2.05) is 0 Å². The third-order valence-corrected chi connectivity index (χ3v) is 2.40. The summed E-state index contributed by atoms with van der Waals surface area (Å²) in [6.07, 6.45) is 2.88. The van der Waals surface area contributed by atoms with Gasteiger partial charge in [-0.1, -0.05) is 0 Å². The number of amides is 1. The number of aromatic amines is 1. The van der Waals surface area contributed by atoms with Crippen LogP contribution in [-0.2, 0) is 17.6 Å². The van der Waals surface area contributed by atoms with Crippen LogP contribution < -0.4 is 10.9 Å². The first-order valence-electron chi connectivity index (χ1n) is 4.69. The molecule has 0 spiro atoms. The molecule has 1 aliphatic carbocycles. The predicted octanol–water partition coefficient (Wildman–Crippen LogP) is 0.822. The lowest BCUT2D eigenvalue weighted by atomic mass is 10.2. The Kier molecular flexibility index (Phi) is 2.11. The van der Waals surface area contributed by atoms with Crippen LogP contribution in [0.3, 0.4) is 0 Å². The standard InChI is InChI=1S/C10H12N2O2/c1-6(13)11-9-5-10(14)12-8-4-2-3-7(8)9/h5H,2-4H2,1H3,(H2,11,12,13,14). The average Bonchev–Trinajstić information content (AvgIpc) is 2.50. The number of aromatic nitrogens is 1. The van der Waals surface area contributed by atoms with Crippen molar-refractivity contribution in [3.05, 3.63) is 27.7 Å². The molecule has 0 saturated heterocycles. The van der Waals surface area contributed by atoms with Crippen molar-refractivity contribution in [1.82, 2.24) is 4.98 Å². The minimum Gasteiger partial charge on any atom is -0.326 e. The minimum atomic E-state index is -0.144. The van der Waals surface area contributed by atoms with Crippen LogP contribution in [0.25, 0.3) is 0 Å². The summed E-state index contributed by atoms with van der Waals surface area (Å²) >= 11 is 0. The highest BCUT2D eigenvalue weighted by molar-refractivity contribution is 5.89. The molecule has 0 bridgehead atoms. The quantitative estimate of drug-likeness (QED) is 0.692. The summed E-state index contributed by atoms with van der Waals surface area (Å²) in [5, 5.41) is 2.69. The van der Waals surface area contributed by atoms with Crippen LogP contribution in [0, 0.1) is 0 Å². The SMILES string of the molecule is CC(=O)Nc1cc(=O)[nH]c2c1CCC2. The summed E-state index contributed by atoms with van der Waals surface area (Å²) in [6, 6.07) is 1.45. The molecule has 1 amide bonds. The van der Waals surface area contributed by atoms with Gasteiger partial charge in [0, 0.05) is 18.7 Å². The van der Waals surface area contributed by atoms with Gasteiger partial charge in [0.1, 0.15) is 0 Å². The maximum Gasteiger partial charge on any atom is 0.250 e. The van der Waals surface area contributed by atoms with Crippen molar-refractivity contribution < 1.29 is 4.79 Å². The lowest BCUT2D eigenvalue weighted by Gasteiger charge is -2.07. The molecular formula is C10H12N2O2. The number of aryl methyl sites for hydroxylation is 1. The lowest BCUT2D eigenvalue weighted by molar-refractivity contribution is -0.114. The summed E-state index contributed by atoms with van der Waals surface area (Å²) < 4.78 is 0. The third-order valence-electron chi connectivity index (χ3n) is 2.40. The van der Waals surface area contributed by atoms with Crippen molar-refractivity contribution in [3.63, 3.8) is 0 Å². The highest BCUT2D eigenvalue weighted by Gasteiger charge is 2.16. The first-order chi connectivity index (χ1) is 6.66. The van der Waals surface area contributed by atoms with E-state index in [-0.39, 0.29) is 11.5 Å². The Morgan fingerprint density at radius 2 is 2.29 bits per heavy atom. The summed E-state index contributed by atoms with van der Waals surface area (Å²) in [6.45, 7) is 1.45. The van der Waals surface area contributed by atoms with Crippen molar-refractivity contribution in [1.29, 1.82) is 0 Å². The maximum absolute atomic E-state index is 11.2. The Morgan fingerprint density at radius 3 is 3.00 bits per heavy atom. The van der Waals surface area contributed by atoms with Crippen molar-refractivity contribution in [2.75, 3.05) is 5.32 Å². The van der Waals surface area contributed by atoms with E-state index in [0.29, 0.717) is 5.69 Å². The van der Waals surface area contributed by atoms with Crippen LogP contribution in [0.15, 0.2) is 10.9 Å². The molecule has 1 heterocycles. The van der Waals surface area contributed by atoms with Gasteiger partial charge in [-0.05, 0) is 24.8 Å². The molecule has 1 aromatic heterocycles. The van der Waals surface area contributed by atoms with E-state index in [4.69, 9.17) is 0 Å². The van der Waals surface area contributed by atoms with E-state index in [1.54, 1.807) is 0 Å². The molecule has 1 aliphatic rings. The van der Waals surface area contributed by atoms with Crippen LogP contribution in [0.1, 0.15) is 24.6 Å². The second kappa shape index (κ2) is 3.29. The van der Waals surface area contributed by atoms with E-state index < -0.39 is 0 Å². The van der Waals surface area contributed by atoms with Gasteiger partial charge in [0.25, 0.3) is 0 Å². The molecule has 2 N–H and O–H groups in total. The molecule has 0 aliphatic heterocycles. The molecule has 1 aromatic rings. The number of anilines is 1. The van der Waals surface area contributed by atoms with Crippen molar-refractivity contribution >= 4 is 11.6 Å². The molecule has 0 radical (unpaired) electrons. The van der Waals surface area contributed by atoms with E-state index in [1.165, 1.54) is 13.0 Å². The Labute approximate surface area is 81.3 Å². The van der Waals surface area contributed by atoms with E-state index in [9.17, 15) is 9.59 Å². The highest BCUT2D eigenvalue weighted by Crippen LogP contribution is 2.25. The molecule has 0 atom stereocenters. The fourth-order valence-electron chi connectivity index (χ4n) is 1.88. The van der Waals surface area contributed by atoms with Crippen LogP contribution in [-0.4, -0.2) is 10.9 Å². The molecule has 4 nitrogen and oxygen atoms in total. The number of nitrogens with one attached hydrogen (secondary N) is 2. The molecular weight excluding hydrogens is 180 g/mol. The zero-order valence-corrected chi connectivity index (χ0v) is 8.02. The van der Waals surface area contributed by atoms with Gasteiger partial charge in [0.2, 0.25) is 11.5 Å². The smallest absolute Gasteiger partial charge is 0.250 e. The van der Waals surface area contributed by atoms with Gasteiger partial charge in [0.05, 0.1) is 5.69 Å². The number of carbonyl (C=O) groups is 1. The van der Waals surface area contributed by atoms with Gasteiger partial charge in [-0.25, -0.2) is 0 Å². The van der Waals surface area contributed by atoms with Crippen LogP contribution >= 0.6 is 0 Å². The molecule has 2 rings (SSSR count). The van der Waals surface area contributed by atoms with E-state index >= 15 is 0 Å². The molecule has 0 fully saturated rings. The Morgan fingerprint density at radius 1 is 1.50 bits per heavy atom. The van der Waals surface area contributed by atoms with Gasteiger partial charge in [-0.3, -0.25) is 9.59 Å². The van der Waals surface area contributed by atoms with E-state index in [0.717, 1.165) is 30.5 Å². The predicted molar refractivity (Wildman–Crippen MR) is 53.4 cm³/mol. The minimum absolute atomic E-state index is 0.135. The molecule has 74 valence electrons. The average molecular weight is 192 g/mol. The number of hydrogen-bond acceptors (Lipinski definition) is 2. The Balaban J connectivity index is 2.48. The lowest BCUT2D eigenvalue weighted by Crippen LogP contribution is -2.14. The zero-order valence-electron chi connectivity index (χ0n) is 8.02. The molecule has 0 saturated carbocycles. The second-order valence-corrected chi connectivity index (χ2v) is 3.54. The number of hydrogen-bond donors (Lipinski definition) is 2. The molecule has 4 heteroatoms. The Bertz CT molecular complexity index is 434. The number of carbonyl (C=O) groups excluding carboxylic acids is 1. The van der Waals surface area contributed by atoms with Crippen molar-refractivity contribution in [3.8, 4) is 0 Å². The van der Waals surface area contributed by atoms with Crippen LogP contribution in [0.5, 0.6) is 0 Å². The van der Waals surface area contributed by atoms with Crippen molar-refractivity contribution in [2.45, 2.75) is 26.2 Å². The van der Waals surface area contributed by atoms with Crippen LogP contribution in [0.2, 0.25) is 0 Å². The molecule has 0 unspecified atom stereocenters. The van der Waals surface area contributed by atoms with Gasteiger partial charge in [-0.15, -0.1) is 0 Å². The summed E-state index contributed by atoms with van der Waals surface area (Å²) in [7, 11) is 0.